The number of hydrogen-bond acceptors (Lipinski definition) is 3. The summed E-state index contributed by atoms with van der Waals surface area (Å²) >= 11 is 0. The lowest BCUT2D eigenvalue weighted by atomic mass is 9.86. The van der Waals surface area contributed by atoms with E-state index >= 15 is 0 Å². The van der Waals surface area contributed by atoms with Crippen molar-refractivity contribution < 1.29 is 9.47 Å². The number of unbranched alkanes of at least 4 members (excludes halogenated alkanes) is 1. The molecular formula is C18H31NO2. The number of hydrogen-bond donors (Lipinski definition) is 1. The van der Waals surface area contributed by atoms with Gasteiger partial charge < -0.3 is 14.8 Å². The van der Waals surface area contributed by atoms with Crippen LogP contribution in [0.15, 0.2) is 18.2 Å². The number of rotatable bonds is 10. The zero-order chi connectivity index (χ0) is 15.7. The first-order chi connectivity index (χ1) is 10.2. The van der Waals surface area contributed by atoms with E-state index in [0.717, 1.165) is 18.0 Å². The van der Waals surface area contributed by atoms with Crippen molar-refractivity contribution in [1.29, 1.82) is 0 Å². The Morgan fingerprint density at radius 1 is 1.05 bits per heavy atom. The van der Waals surface area contributed by atoms with Gasteiger partial charge in [-0.2, -0.15) is 0 Å². The SMILES string of the molecule is CCCCC(CC)C(NCC)c1ccc(OC)c(OC)c1. The van der Waals surface area contributed by atoms with Gasteiger partial charge in [0.2, 0.25) is 0 Å². The van der Waals surface area contributed by atoms with Gasteiger partial charge in [0.05, 0.1) is 14.2 Å². The molecule has 0 saturated heterocycles. The molecule has 2 unspecified atom stereocenters. The van der Waals surface area contributed by atoms with Crippen molar-refractivity contribution in [2.24, 2.45) is 5.92 Å². The molecule has 0 fully saturated rings. The molecule has 0 saturated carbocycles. The fraction of sp³-hybridized carbons (Fsp3) is 0.667. The number of nitrogens with one attached hydrogen (secondary N) is 1. The first kappa shape index (κ1) is 17.8. The maximum atomic E-state index is 5.45. The van der Waals surface area contributed by atoms with Crippen LogP contribution in [-0.4, -0.2) is 20.8 Å². The second-order valence-electron chi connectivity index (χ2n) is 5.46. The summed E-state index contributed by atoms with van der Waals surface area (Å²) in [5.74, 6) is 2.25. The summed E-state index contributed by atoms with van der Waals surface area (Å²) in [5, 5.41) is 3.65. The van der Waals surface area contributed by atoms with Crippen molar-refractivity contribution in [1.82, 2.24) is 5.32 Å². The van der Waals surface area contributed by atoms with Gasteiger partial charge in [-0.05, 0) is 36.6 Å². The van der Waals surface area contributed by atoms with Crippen molar-refractivity contribution in [2.75, 3.05) is 20.8 Å². The minimum Gasteiger partial charge on any atom is -0.493 e. The fourth-order valence-electron chi connectivity index (χ4n) is 2.90. The van der Waals surface area contributed by atoms with Gasteiger partial charge in [-0.1, -0.05) is 46.1 Å². The average molecular weight is 293 g/mol. The molecule has 0 aliphatic heterocycles. The molecule has 0 radical (unpaired) electrons. The van der Waals surface area contributed by atoms with Crippen LogP contribution in [0.3, 0.4) is 0 Å². The molecule has 3 nitrogen and oxygen atoms in total. The van der Waals surface area contributed by atoms with Crippen molar-refractivity contribution in [3.63, 3.8) is 0 Å². The summed E-state index contributed by atoms with van der Waals surface area (Å²) in [6.45, 7) is 7.68. The molecule has 1 aromatic rings. The zero-order valence-corrected chi connectivity index (χ0v) is 14.2. The van der Waals surface area contributed by atoms with Crippen LogP contribution in [-0.2, 0) is 0 Å². The molecule has 0 aliphatic rings. The Bertz CT molecular complexity index is 406. The predicted molar refractivity (Wildman–Crippen MR) is 89.3 cm³/mol. The van der Waals surface area contributed by atoms with E-state index in [9.17, 15) is 0 Å². The molecule has 0 aromatic heterocycles. The highest BCUT2D eigenvalue weighted by Crippen LogP contribution is 2.34. The number of ether oxygens (including phenoxy) is 2. The van der Waals surface area contributed by atoms with Gasteiger partial charge in [0.15, 0.2) is 11.5 Å². The molecule has 0 aliphatic carbocycles. The van der Waals surface area contributed by atoms with Gasteiger partial charge in [-0.3, -0.25) is 0 Å². The van der Waals surface area contributed by atoms with Crippen LogP contribution >= 0.6 is 0 Å². The Labute approximate surface area is 130 Å². The second kappa shape index (κ2) is 9.67. The quantitative estimate of drug-likeness (QED) is 0.685. The Morgan fingerprint density at radius 3 is 2.29 bits per heavy atom. The van der Waals surface area contributed by atoms with E-state index in [-0.39, 0.29) is 0 Å². The molecule has 0 heterocycles. The summed E-state index contributed by atoms with van der Waals surface area (Å²) in [6, 6.07) is 6.65. The van der Waals surface area contributed by atoms with Crippen LogP contribution in [0, 0.1) is 5.92 Å². The molecule has 2 atom stereocenters. The minimum atomic E-state index is 0.381. The van der Waals surface area contributed by atoms with Crippen molar-refractivity contribution in [3.8, 4) is 11.5 Å². The summed E-state index contributed by atoms with van der Waals surface area (Å²) in [4.78, 5) is 0. The smallest absolute Gasteiger partial charge is 0.161 e. The maximum Gasteiger partial charge on any atom is 0.161 e. The summed E-state index contributed by atoms with van der Waals surface area (Å²) in [7, 11) is 3.37. The lowest BCUT2D eigenvalue weighted by molar-refractivity contribution is 0.323. The topological polar surface area (TPSA) is 30.5 Å². The average Bonchev–Trinajstić information content (AvgIpc) is 2.53. The zero-order valence-electron chi connectivity index (χ0n) is 14.2. The molecular weight excluding hydrogens is 262 g/mol. The van der Waals surface area contributed by atoms with Crippen LogP contribution in [0.25, 0.3) is 0 Å². The van der Waals surface area contributed by atoms with Crippen molar-refractivity contribution in [3.05, 3.63) is 23.8 Å². The number of benzene rings is 1. The predicted octanol–water partition coefficient (Wildman–Crippen LogP) is 4.57. The molecule has 1 aromatic carbocycles. The van der Waals surface area contributed by atoms with Crippen molar-refractivity contribution >= 4 is 0 Å². The first-order valence-corrected chi connectivity index (χ1v) is 8.16. The van der Waals surface area contributed by atoms with Crippen LogP contribution in [0.1, 0.15) is 58.1 Å². The van der Waals surface area contributed by atoms with Crippen molar-refractivity contribution in [2.45, 2.75) is 52.5 Å². The van der Waals surface area contributed by atoms with E-state index in [2.05, 4.69) is 38.2 Å². The minimum absolute atomic E-state index is 0.381. The lowest BCUT2D eigenvalue weighted by Crippen LogP contribution is -2.28. The molecule has 21 heavy (non-hydrogen) atoms. The van der Waals surface area contributed by atoms with Crippen LogP contribution < -0.4 is 14.8 Å². The summed E-state index contributed by atoms with van der Waals surface area (Å²) in [5.41, 5.74) is 1.29. The summed E-state index contributed by atoms with van der Waals surface area (Å²) < 4.78 is 10.8. The molecule has 0 spiro atoms. The highest BCUT2D eigenvalue weighted by molar-refractivity contribution is 5.44. The third kappa shape index (κ3) is 4.92. The van der Waals surface area contributed by atoms with E-state index < -0.39 is 0 Å². The largest absolute Gasteiger partial charge is 0.493 e. The van der Waals surface area contributed by atoms with Gasteiger partial charge in [0, 0.05) is 6.04 Å². The van der Waals surface area contributed by atoms with Gasteiger partial charge in [-0.25, -0.2) is 0 Å². The molecule has 1 rings (SSSR count). The highest BCUT2D eigenvalue weighted by atomic mass is 16.5. The van der Waals surface area contributed by atoms with Crippen LogP contribution in [0.4, 0.5) is 0 Å². The fourth-order valence-corrected chi connectivity index (χ4v) is 2.90. The van der Waals surface area contributed by atoms with E-state index in [4.69, 9.17) is 9.47 Å². The Morgan fingerprint density at radius 2 is 1.76 bits per heavy atom. The maximum absolute atomic E-state index is 5.45. The van der Waals surface area contributed by atoms with Gasteiger partial charge in [0.25, 0.3) is 0 Å². The van der Waals surface area contributed by atoms with Crippen LogP contribution in [0.2, 0.25) is 0 Å². The first-order valence-electron chi connectivity index (χ1n) is 8.16. The second-order valence-corrected chi connectivity index (χ2v) is 5.46. The Hall–Kier alpha value is -1.22. The lowest BCUT2D eigenvalue weighted by Gasteiger charge is -2.28. The van der Waals surface area contributed by atoms with E-state index in [1.165, 1.54) is 31.2 Å². The van der Waals surface area contributed by atoms with Crippen LogP contribution in [0.5, 0.6) is 11.5 Å². The Kier molecular flexibility index (Phi) is 8.21. The Balaban J connectivity index is 3.02. The normalized spacial score (nSPS) is 13.8. The highest BCUT2D eigenvalue weighted by Gasteiger charge is 2.21. The standard InChI is InChI=1S/C18H31NO2/c1-6-9-10-14(7-2)18(19-8-3)15-11-12-16(20-4)17(13-15)21-5/h11-14,18-19H,6-10H2,1-5H3. The van der Waals surface area contributed by atoms with E-state index in [0.29, 0.717) is 12.0 Å². The summed E-state index contributed by atoms with van der Waals surface area (Å²) in [6.07, 6.45) is 4.99. The van der Waals surface area contributed by atoms with E-state index in [1.807, 2.05) is 6.07 Å². The van der Waals surface area contributed by atoms with E-state index in [1.54, 1.807) is 14.2 Å². The van der Waals surface area contributed by atoms with Gasteiger partial charge in [-0.15, -0.1) is 0 Å². The molecule has 1 N–H and O–H groups in total. The molecule has 120 valence electrons. The molecule has 0 bridgehead atoms. The number of methoxy groups -OCH3 is 2. The third-order valence-electron chi connectivity index (χ3n) is 4.12. The third-order valence-corrected chi connectivity index (χ3v) is 4.12. The molecule has 3 heteroatoms. The molecule has 0 amide bonds. The monoisotopic (exact) mass is 293 g/mol. The van der Waals surface area contributed by atoms with Gasteiger partial charge in [0.1, 0.15) is 0 Å². The van der Waals surface area contributed by atoms with Gasteiger partial charge >= 0.3 is 0 Å².